The summed E-state index contributed by atoms with van der Waals surface area (Å²) in [6.07, 6.45) is 30.5. The first-order valence-electron chi connectivity index (χ1n) is 18.4. The lowest BCUT2D eigenvalue weighted by Crippen LogP contribution is -2.43. The Balaban J connectivity index is 3.75. The molecular weight excluding hydrogens is 637 g/mol. The van der Waals surface area contributed by atoms with Crippen LogP contribution in [0.1, 0.15) is 155 Å². The van der Waals surface area contributed by atoms with Crippen LogP contribution in [0, 0.1) is 0 Å². The maximum absolute atomic E-state index is 12.1. The standard InChI is InChI=1S/C36H66NO10P/c1-3-5-7-8-9-10-11-12-13-14-15-16-17-18-19-20-21-22-23-24-26-28-35(40)45-29-32(38)30-46-48(43,44)47-31-33(36(41)42)37-34(39)27-25-6-4-2/h9-10,12-13,32-33,38H,3-8,11,14-31H2,1-2H3,(H,37,39)(H,41,42)(H,43,44)/b10-9-,13-12-. The number of carboxylic acids is 1. The molecule has 0 spiro atoms. The van der Waals surface area contributed by atoms with Gasteiger partial charge in [0.2, 0.25) is 5.91 Å². The van der Waals surface area contributed by atoms with Gasteiger partial charge in [-0.25, -0.2) is 9.36 Å². The van der Waals surface area contributed by atoms with E-state index in [9.17, 15) is 34.1 Å². The third-order valence-corrected chi connectivity index (χ3v) is 8.69. The number of phosphoric acid groups is 1. The third-order valence-electron chi connectivity index (χ3n) is 7.74. The van der Waals surface area contributed by atoms with E-state index >= 15 is 0 Å². The van der Waals surface area contributed by atoms with E-state index in [1.54, 1.807) is 0 Å². The molecule has 48 heavy (non-hydrogen) atoms. The van der Waals surface area contributed by atoms with Crippen molar-refractivity contribution in [2.24, 2.45) is 0 Å². The van der Waals surface area contributed by atoms with Gasteiger partial charge in [0.15, 0.2) is 6.04 Å². The molecule has 4 N–H and O–H groups in total. The number of aliphatic hydroxyl groups is 1. The molecule has 0 saturated carbocycles. The number of hydrogen-bond donors (Lipinski definition) is 4. The van der Waals surface area contributed by atoms with Crippen LogP contribution >= 0.6 is 7.82 Å². The predicted molar refractivity (Wildman–Crippen MR) is 189 cm³/mol. The van der Waals surface area contributed by atoms with E-state index in [1.807, 2.05) is 6.92 Å². The lowest BCUT2D eigenvalue weighted by Gasteiger charge is -2.18. The molecule has 0 aliphatic carbocycles. The van der Waals surface area contributed by atoms with Gasteiger partial charge in [-0.2, -0.15) is 0 Å². The minimum absolute atomic E-state index is 0.132. The fourth-order valence-electron chi connectivity index (χ4n) is 4.81. The highest BCUT2D eigenvalue weighted by molar-refractivity contribution is 7.47. The molecule has 280 valence electrons. The van der Waals surface area contributed by atoms with E-state index in [0.717, 1.165) is 38.5 Å². The number of esters is 1. The van der Waals surface area contributed by atoms with E-state index in [0.29, 0.717) is 12.8 Å². The number of allylic oxidation sites excluding steroid dienone is 4. The second-order valence-electron chi connectivity index (χ2n) is 12.4. The van der Waals surface area contributed by atoms with Crippen LogP contribution in [0.15, 0.2) is 24.3 Å². The Morgan fingerprint density at radius 3 is 1.71 bits per heavy atom. The lowest BCUT2D eigenvalue weighted by molar-refractivity contribution is -0.147. The zero-order chi connectivity index (χ0) is 35.7. The van der Waals surface area contributed by atoms with Crippen molar-refractivity contribution in [1.29, 1.82) is 0 Å². The third kappa shape index (κ3) is 31.2. The fourth-order valence-corrected chi connectivity index (χ4v) is 5.59. The summed E-state index contributed by atoms with van der Waals surface area (Å²) in [6.45, 7) is 2.31. The molecule has 0 saturated heterocycles. The largest absolute Gasteiger partial charge is 0.480 e. The van der Waals surface area contributed by atoms with Crippen LogP contribution in [-0.2, 0) is 32.7 Å². The number of phosphoric ester groups is 1. The highest BCUT2D eigenvalue weighted by Gasteiger charge is 2.28. The average molecular weight is 704 g/mol. The smallest absolute Gasteiger partial charge is 0.472 e. The first kappa shape index (κ1) is 46.0. The molecular formula is C36H66NO10P. The zero-order valence-electron chi connectivity index (χ0n) is 29.8. The van der Waals surface area contributed by atoms with E-state index in [2.05, 4.69) is 45.6 Å². The maximum Gasteiger partial charge on any atom is 0.472 e. The Morgan fingerprint density at radius 2 is 1.15 bits per heavy atom. The number of carboxylic acid groups (broad SMARTS) is 1. The SMILES string of the molecule is CCCCC/C=C\C/C=C\CCCCCCCCCCCCCC(=O)OCC(O)COP(=O)(O)OCC(NC(=O)CCCCC)C(=O)O. The van der Waals surface area contributed by atoms with Crippen molar-refractivity contribution < 1.29 is 47.8 Å². The lowest BCUT2D eigenvalue weighted by atomic mass is 10.0. The van der Waals surface area contributed by atoms with Crippen molar-refractivity contribution in [1.82, 2.24) is 5.32 Å². The molecule has 0 radical (unpaired) electrons. The maximum atomic E-state index is 12.1. The van der Waals surface area contributed by atoms with Gasteiger partial charge in [0.05, 0.1) is 13.2 Å². The number of aliphatic hydroxyl groups excluding tert-OH is 1. The molecule has 11 nitrogen and oxygen atoms in total. The number of unbranched alkanes of at least 4 members (excludes halogenated alkanes) is 16. The van der Waals surface area contributed by atoms with E-state index in [-0.39, 0.29) is 12.8 Å². The van der Waals surface area contributed by atoms with Crippen LogP contribution in [0.25, 0.3) is 0 Å². The van der Waals surface area contributed by atoms with Gasteiger partial charge in [-0.05, 0) is 44.9 Å². The first-order chi connectivity index (χ1) is 23.1. The Morgan fingerprint density at radius 1 is 0.667 bits per heavy atom. The minimum Gasteiger partial charge on any atom is -0.480 e. The molecule has 0 rings (SSSR count). The molecule has 0 aromatic carbocycles. The van der Waals surface area contributed by atoms with Crippen LogP contribution in [0.4, 0.5) is 0 Å². The van der Waals surface area contributed by atoms with Gasteiger partial charge in [-0.3, -0.25) is 18.6 Å². The van der Waals surface area contributed by atoms with E-state index < -0.39 is 57.6 Å². The minimum atomic E-state index is -4.73. The van der Waals surface area contributed by atoms with Crippen LogP contribution < -0.4 is 5.32 Å². The fraction of sp³-hybridized carbons (Fsp3) is 0.806. The summed E-state index contributed by atoms with van der Waals surface area (Å²) >= 11 is 0. The van der Waals surface area contributed by atoms with Crippen molar-refractivity contribution in [3.05, 3.63) is 24.3 Å². The van der Waals surface area contributed by atoms with E-state index in [4.69, 9.17) is 4.74 Å². The summed E-state index contributed by atoms with van der Waals surface area (Å²) in [5.41, 5.74) is 0. The Kier molecular flexibility index (Phi) is 30.8. The molecule has 0 aromatic rings. The van der Waals surface area contributed by atoms with Crippen LogP contribution in [-0.4, -0.2) is 64.9 Å². The second-order valence-corrected chi connectivity index (χ2v) is 13.9. The van der Waals surface area contributed by atoms with Crippen molar-refractivity contribution in [2.45, 2.75) is 167 Å². The quantitative estimate of drug-likeness (QED) is 0.0221. The Hall–Kier alpha value is -2.04. The molecule has 0 aliphatic rings. The summed E-state index contributed by atoms with van der Waals surface area (Å²) in [5, 5.41) is 21.4. The van der Waals surface area contributed by atoms with Crippen LogP contribution in [0.5, 0.6) is 0 Å². The summed E-state index contributed by atoms with van der Waals surface area (Å²) in [5.74, 6) is -2.41. The number of ether oxygens (including phenoxy) is 1. The van der Waals surface area contributed by atoms with Gasteiger partial charge in [-0.1, -0.05) is 122 Å². The number of carbonyl (C=O) groups is 3. The van der Waals surface area contributed by atoms with Crippen molar-refractivity contribution in [3.63, 3.8) is 0 Å². The summed E-state index contributed by atoms with van der Waals surface area (Å²) in [6, 6.07) is -1.54. The molecule has 0 fully saturated rings. The van der Waals surface area contributed by atoms with E-state index in [1.165, 1.54) is 77.0 Å². The average Bonchev–Trinajstić information content (AvgIpc) is 3.05. The first-order valence-corrected chi connectivity index (χ1v) is 19.9. The number of carbonyl (C=O) groups excluding carboxylic acids is 2. The summed E-state index contributed by atoms with van der Waals surface area (Å²) < 4.78 is 26.4. The van der Waals surface area contributed by atoms with Crippen LogP contribution in [0.3, 0.4) is 0 Å². The number of rotatable bonds is 34. The van der Waals surface area contributed by atoms with Crippen molar-refractivity contribution >= 4 is 25.7 Å². The van der Waals surface area contributed by atoms with Crippen molar-refractivity contribution in [3.8, 4) is 0 Å². The van der Waals surface area contributed by atoms with Crippen LogP contribution in [0.2, 0.25) is 0 Å². The predicted octanol–water partition coefficient (Wildman–Crippen LogP) is 8.33. The normalized spacial score (nSPS) is 14.2. The Bertz CT molecular complexity index is 926. The van der Waals surface area contributed by atoms with Gasteiger partial charge in [0, 0.05) is 12.8 Å². The molecule has 0 heterocycles. The van der Waals surface area contributed by atoms with Gasteiger partial charge in [0.25, 0.3) is 0 Å². The number of amides is 1. The molecule has 0 aromatic heterocycles. The van der Waals surface area contributed by atoms with Crippen molar-refractivity contribution in [2.75, 3.05) is 19.8 Å². The van der Waals surface area contributed by atoms with Gasteiger partial charge >= 0.3 is 19.8 Å². The monoisotopic (exact) mass is 703 g/mol. The van der Waals surface area contributed by atoms with Gasteiger partial charge in [0.1, 0.15) is 12.7 Å². The molecule has 0 aliphatic heterocycles. The number of hydrogen-bond acceptors (Lipinski definition) is 8. The second kappa shape index (κ2) is 32.2. The van der Waals surface area contributed by atoms with Gasteiger partial charge in [-0.15, -0.1) is 0 Å². The molecule has 1 amide bonds. The topological polar surface area (TPSA) is 169 Å². The summed E-state index contributed by atoms with van der Waals surface area (Å²) in [4.78, 5) is 45.0. The number of nitrogens with one attached hydrogen (secondary N) is 1. The highest BCUT2D eigenvalue weighted by atomic mass is 31.2. The Labute approximate surface area is 289 Å². The van der Waals surface area contributed by atoms with Gasteiger partial charge < -0.3 is 25.2 Å². The summed E-state index contributed by atoms with van der Waals surface area (Å²) in [7, 11) is -4.73. The highest BCUT2D eigenvalue weighted by Crippen LogP contribution is 2.43. The molecule has 3 unspecified atom stereocenters. The molecule has 3 atom stereocenters. The molecule has 0 bridgehead atoms. The zero-order valence-corrected chi connectivity index (χ0v) is 30.7. The molecule has 12 heteroatoms. The number of aliphatic carboxylic acids is 1.